The fraction of sp³-hybridized carbons (Fsp3) is 0.364. The first-order valence-corrected chi connectivity index (χ1v) is 7.37. The van der Waals surface area contributed by atoms with E-state index < -0.39 is 10.0 Å². The Hall–Kier alpha value is -1.80. The standard InChI is InChI=1S/C11H15N5O2S/c1-3-9(2)13-19(17,18)11-6-4-10(5-7-11)16-8-12-14-15-16/h4-9,13H,3H2,1-2H3/t9-/m0/s1. The zero-order chi connectivity index (χ0) is 13.9. The molecule has 102 valence electrons. The molecule has 1 heterocycles. The van der Waals surface area contributed by atoms with Crippen LogP contribution in [0.5, 0.6) is 0 Å². The molecule has 2 rings (SSSR count). The van der Waals surface area contributed by atoms with Gasteiger partial charge < -0.3 is 0 Å². The first-order chi connectivity index (χ1) is 9.03. The predicted octanol–water partition coefficient (Wildman–Crippen LogP) is 0.739. The molecule has 1 aromatic heterocycles. The topological polar surface area (TPSA) is 89.8 Å². The Morgan fingerprint density at radius 1 is 1.32 bits per heavy atom. The maximum atomic E-state index is 12.0. The molecule has 1 N–H and O–H groups in total. The maximum absolute atomic E-state index is 12.0. The van der Waals surface area contributed by atoms with Crippen LogP contribution >= 0.6 is 0 Å². The Morgan fingerprint density at radius 3 is 2.53 bits per heavy atom. The van der Waals surface area contributed by atoms with Gasteiger partial charge in [-0.05, 0) is 48.0 Å². The maximum Gasteiger partial charge on any atom is 0.240 e. The second-order valence-electron chi connectivity index (χ2n) is 4.18. The minimum Gasteiger partial charge on any atom is -0.208 e. The molecule has 0 spiro atoms. The smallest absolute Gasteiger partial charge is 0.208 e. The fourth-order valence-electron chi connectivity index (χ4n) is 1.47. The third-order valence-corrected chi connectivity index (χ3v) is 4.33. The largest absolute Gasteiger partial charge is 0.240 e. The summed E-state index contributed by atoms with van der Waals surface area (Å²) in [5.41, 5.74) is 0.701. The quantitative estimate of drug-likeness (QED) is 0.873. The van der Waals surface area contributed by atoms with Crippen LogP contribution in [-0.4, -0.2) is 34.7 Å². The SMILES string of the molecule is CC[C@H](C)NS(=O)(=O)c1ccc(-n2cnnn2)cc1. The summed E-state index contributed by atoms with van der Waals surface area (Å²) in [6.45, 7) is 3.75. The highest BCUT2D eigenvalue weighted by molar-refractivity contribution is 7.89. The molecular weight excluding hydrogens is 266 g/mol. The van der Waals surface area contributed by atoms with Crippen molar-refractivity contribution in [1.29, 1.82) is 0 Å². The van der Waals surface area contributed by atoms with Crippen molar-refractivity contribution in [3.05, 3.63) is 30.6 Å². The van der Waals surface area contributed by atoms with Gasteiger partial charge in [0.25, 0.3) is 0 Å². The number of benzene rings is 1. The van der Waals surface area contributed by atoms with Crippen molar-refractivity contribution in [2.45, 2.75) is 31.2 Å². The van der Waals surface area contributed by atoms with Crippen LogP contribution in [0.2, 0.25) is 0 Å². The number of aromatic nitrogens is 4. The Kier molecular flexibility index (Phi) is 3.91. The molecule has 0 aliphatic carbocycles. The first-order valence-electron chi connectivity index (χ1n) is 5.88. The van der Waals surface area contributed by atoms with Gasteiger partial charge in [-0.25, -0.2) is 17.8 Å². The molecule has 8 heteroatoms. The van der Waals surface area contributed by atoms with Crippen LogP contribution in [0, 0.1) is 0 Å². The minimum absolute atomic E-state index is 0.0933. The van der Waals surface area contributed by atoms with Crippen LogP contribution in [0.3, 0.4) is 0 Å². The zero-order valence-corrected chi connectivity index (χ0v) is 11.5. The van der Waals surface area contributed by atoms with Gasteiger partial charge in [-0.3, -0.25) is 0 Å². The molecule has 0 saturated carbocycles. The van der Waals surface area contributed by atoms with E-state index >= 15 is 0 Å². The van der Waals surface area contributed by atoms with Gasteiger partial charge in [0.1, 0.15) is 6.33 Å². The van der Waals surface area contributed by atoms with Gasteiger partial charge in [0.2, 0.25) is 10.0 Å². The molecule has 19 heavy (non-hydrogen) atoms. The van der Waals surface area contributed by atoms with Crippen molar-refractivity contribution in [3.63, 3.8) is 0 Å². The Labute approximate surface area is 111 Å². The Balaban J connectivity index is 2.23. The van der Waals surface area contributed by atoms with Gasteiger partial charge in [0.05, 0.1) is 10.6 Å². The van der Waals surface area contributed by atoms with E-state index in [1.807, 2.05) is 13.8 Å². The number of sulfonamides is 1. The van der Waals surface area contributed by atoms with Gasteiger partial charge in [-0.15, -0.1) is 5.10 Å². The molecular formula is C11H15N5O2S. The number of nitrogens with one attached hydrogen (secondary N) is 1. The number of hydrogen-bond acceptors (Lipinski definition) is 5. The van der Waals surface area contributed by atoms with Crippen LogP contribution in [0.25, 0.3) is 5.69 Å². The monoisotopic (exact) mass is 281 g/mol. The highest BCUT2D eigenvalue weighted by Crippen LogP contribution is 2.13. The van der Waals surface area contributed by atoms with Crippen molar-refractivity contribution >= 4 is 10.0 Å². The average Bonchev–Trinajstić information content (AvgIpc) is 2.92. The molecule has 0 saturated heterocycles. The van der Waals surface area contributed by atoms with Gasteiger partial charge in [0.15, 0.2) is 0 Å². The lowest BCUT2D eigenvalue weighted by atomic mass is 10.3. The molecule has 2 aromatic rings. The van der Waals surface area contributed by atoms with Crippen LogP contribution in [-0.2, 0) is 10.0 Å². The van der Waals surface area contributed by atoms with E-state index in [2.05, 4.69) is 20.2 Å². The van der Waals surface area contributed by atoms with Crippen molar-refractivity contribution in [1.82, 2.24) is 24.9 Å². The lowest BCUT2D eigenvalue weighted by Crippen LogP contribution is -2.31. The number of hydrogen-bond donors (Lipinski definition) is 1. The minimum atomic E-state index is -3.47. The third kappa shape index (κ3) is 3.15. The summed E-state index contributed by atoms with van der Waals surface area (Å²) in [4.78, 5) is 0.227. The van der Waals surface area contributed by atoms with E-state index in [1.165, 1.54) is 23.1 Å². The average molecular weight is 281 g/mol. The van der Waals surface area contributed by atoms with E-state index in [0.717, 1.165) is 6.42 Å². The lowest BCUT2D eigenvalue weighted by molar-refractivity contribution is 0.556. The summed E-state index contributed by atoms with van der Waals surface area (Å²) in [5.74, 6) is 0. The second-order valence-corrected chi connectivity index (χ2v) is 5.89. The zero-order valence-electron chi connectivity index (χ0n) is 10.7. The highest BCUT2D eigenvalue weighted by atomic mass is 32.2. The molecule has 0 bridgehead atoms. The Morgan fingerprint density at radius 2 is 2.00 bits per heavy atom. The van der Waals surface area contributed by atoms with E-state index in [4.69, 9.17) is 0 Å². The van der Waals surface area contributed by atoms with E-state index in [0.29, 0.717) is 5.69 Å². The van der Waals surface area contributed by atoms with Crippen molar-refractivity contribution in [2.75, 3.05) is 0 Å². The van der Waals surface area contributed by atoms with Crippen molar-refractivity contribution < 1.29 is 8.42 Å². The van der Waals surface area contributed by atoms with Crippen molar-refractivity contribution in [3.8, 4) is 5.69 Å². The number of rotatable bonds is 5. The van der Waals surface area contributed by atoms with Gasteiger partial charge in [0, 0.05) is 6.04 Å². The van der Waals surface area contributed by atoms with Gasteiger partial charge in [-0.2, -0.15) is 0 Å². The molecule has 1 aromatic carbocycles. The van der Waals surface area contributed by atoms with Crippen molar-refractivity contribution in [2.24, 2.45) is 0 Å². The molecule has 0 unspecified atom stereocenters. The summed E-state index contributed by atoms with van der Waals surface area (Å²) < 4.78 is 28.1. The van der Waals surface area contributed by atoms with E-state index in [1.54, 1.807) is 12.1 Å². The Bertz CT molecular complexity index is 622. The second kappa shape index (κ2) is 5.45. The van der Waals surface area contributed by atoms with Gasteiger partial charge in [-0.1, -0.05) is 6.92 Å². The molecule has 0 radical (unpaired) electrons. The summed E-state index contributed by atoms with van der Waals surface area (Å²) in [5, 5.41) is 10.8. The van der Waals surface area contributed by atoms with Crippen LogP contribution in [0.15, 0.2) is 35.5 Å². The number of tetrazole rings is 1. The van der Waals surface area contributed by atoms with Crippen LogP contribution in [0.4, 0.5) is 0 Å². The van der Waals surface area contributed by atoms with Gasteiger partial charge >= 0.3 is 0 Å². The lowest BCUT2D eigenvalue weighted by Gasteiger charge is -2.12. The summed E-state index contributed by atoms with van der Waals surface area (Å²) >= 11 is 0. The fourth-order valence-corrected chi connectivity index (χ4v) is 2.80. The molecule has 7 nitrogen and oxygen atoms in total. The first kappa shape index (κ1) is 13.6. The predicted molar refractivity (Wildman–Crippen MR) is 69.2 cm³/mol. The molecule has 0 aliphatic heterocycles. The third-order valence-electron chi connectivity index (χ3n) is 2.73. The van der Waals surface area contributed by atoms with E-state index in [-0.39, 0.29) is 10.9 Å². The number of nitrogens with zero attached hydrogens (tertiary/aromatic N) is 4. The molecule has 0 fully saturated rings. The summed E-state index contributed by atoms with van der Waals surface area (Å²) in [6.07, 6.45) is 2.18. The summed E-state index contributed by atoms with van der Waals surface area (Å²) in [6, 6.07) is 6.27. The summed E-state index contributed by atoms with van der Waals surface area (Å²) in [7, 11) is -3.47. The van der Waals surface area contributed by atoms with Crippen LogP contribution < -0.4 is 4.72 Å². The molecule has 1 atom stereocenters. The normalized spacial score (nSPS) is 13.4. The van der Waals surface area contributed by atoms with E-state index in [9.17, 15) is 8.42 Å². The highest BCUT2D eigenvalue weighted by Gasteiger charge is 2.16. The molecule has 0 aliphatic rings. The van der Waals surface area contributed by atoms with Crippen LogP contribution in [0.1, 0.15) is 20.3 Å². The molecule has 0 amide bonds.